The first-order valence-corrected chi connectivity index (χ1v) is 5.63. The van der Waals surface area contributed by atoms with Gasteiger partial charge in [-0.25, -0.2) is 4.98 Å². The quantitative estimate of drug-likeness (QED) is 0.854. The molecule has 1 N–H and O–H groups in total. The number of nitrogens with zero attached hydrogens (tertiary/aromatic N) is 3. The van der Waals surface area contributed by atoms with Crippen molar-refractivity contribution in [3.05, 3.63) is 16.3 Å². The lowest BCUT2D eigenvalue weighted by molar-refractivity contribution is 0.481. The van der Waals surface area contributed by atoms with Gasteiger partial charge in [0, 0.05) is 5.38 Å². The molecule has 15 heavy (non-hydrogen) atoms. The highest BCUT2D eigenvalue weighted by Gasteiger charge is 2.10. The van der Waals surface area contributed by atoms with Gasteiger partial charge in [-0.2, -0.15) is 0 Å². The maximum Gasteiger partial charge on any atom is 0.267 e. The van der Waals surface area contributed by atoms with Gasteiger partial charge in [-0.1, -0.05) is 6.92 Å². The molecule has 0 saturated carbocycles. The fourth-order valence-electron chi connectivity index (χ4n) is 1.12. The number of hydrogen-bond acceptors (Lipinski definition) is 6. The number of nitrogens with one attached hydrogen (secondary N) is 1. The van der Waals surface area contributed by atoms with Gasteiger partial charge in [0.1, 0.15) is 5.69 Å². The molecule has 0 spiro atoms. The van der Waals surface area contributed by atoms with E-state index in [2.05, 4.69) is 20.5 Å². The van der Waals surface area contributed by atoms with Crippen molar-refractivity contribution < 1.29 is 4.42 Å². The first-order chi connectivity index (χ1) is 7.29. The molecule has 2 aromatic heterocycles. The predicted octanol–water partition coefficient (Wildman–Crippen LogP) is 1.61. The van der Waals surface area contributed by atoms with Crippen LogP contribution in [0.3, 0.4) is 0 Å². The van der Waals surface area contributed by atoms with Crippen molar-refractivity contribution >= 4 is 11.3 Å². The second kappa shape index (κ2) is 4.50. The summed E-state index contributed by atoms with van der Waals surface area (Å²) in [4.78, 5) is 4.28. The average molecular weight is 224 g/mol. The highest BCUT2D eigenvalue weighted by Crippen LogP contribution is 2.19. The highest BCUT2D eigenvalue weighted by atomic mass is 32.1. The van der Waals surface area contributed by atoms with E-state index in [1.807, 2.05) is 19.2 Å². The Morgan fingerprint density at radius 2 is 2.33 bits per heavy atom. The summed E-state index contributed by atoms with van der Waals surface area (Å²) in [5, 5.41) is 13.9. The van der Waals surface area contributed by atoms with E-state index in [4.69, 9.17) is 4.42 Å². The van der Waals surface area contributed by atoms with Crippen LogP contribution < -0.4 is 5.32 Å². The third-order valence-electron chi connectivity index (χ3n) is 1.83. The molecule has 0 aromatic carbocycles. The SMILES string of the molecule is CCNCc1nnc(-c2csc(C)n2)o1. The molecule has 0 amide bonds. The van der Waals surface area contributed by atoms with Gasteiger partial charge in [0.15, 0.2) is 0 Å². The molecular weight excluding hydrogens is 212 g/mol. The van der Waals surface area contributed by atoms with E-state index in [0.29, 0.717) is 18.3 Å². The molecule has 0 aliphatic heterocycles. The molecular formula is C9H12N4OS. The minimum atomic E-state index is 0.493. The maximum atomic E-state index is 5.44. The second-order valence-corrected chi connectivity index (χ2v) is 4.10. The van der Waals surface area contributed by atoms with E-state index in [1.165, 1.54) is 0 Å². The van der Waals surface area contributed by atoms with Gasteiger partial charge in [0.25, 0.3) is 5.89 Å². The molecule has 2 aromatic rings. The van der Waals surface area contributed by atoms with E-state index < -0.39 is 0 Å². The van der Waals surface area contributed by atoms with Gasteiger partial charge in [0.05, 0.1) is 11.6 Å². The Bertz CT molecular complexity index is 437. The van der Waals surface area contributed by atoms with Crippen LogP contribution in [0.2, 0.25) is 0 Å². The van der Waals surface area contributed by atoms with Crippen molar-refractivity contribution in [2.24, 2.45) is 0 Å². The third-order valence-corrected chi connectivity index (χ3v) is 2.60. The molecule has 6 heteroatoms. The summed E-state index contributed by atoms with van der Waals surface area (Å²) in [7, 11) is 0. The Balaban J connectivity index is 2.13. The minimum absolute atomic E-state index is 0.493. The van der Waals surface area contributed by atoms with Crippen LogP contribution in [0.15, 0.2) is 9.80 Å². The van der Waals surface area contributed by atoms with Crippen LogP contribution in [0.1, 0.15) is 17.8 Å². The fourth-order valence-corrected chi connectivity index (χ4v) is 1.71. The van der Waals surface area contributed by atoms with E-state index >= 15 is 0 Å². The van der Waals surface area contributed by atoms with Crippen LogP contribution in [0.4, 0.5) is 0 Å². The van der Waals surface area contributed by atoms with Crippen molar-refractivity contribution in [2.75, 3.05) is 6.54 Å². The number of aryl methyl sites for hydroxylation is 1. The second-order valence-electron chi connectivity index (χ2n) is 3.03. The predicted molar refractivity (Wildman–Crippen MR) is 57.5 cm³/mol. The van der Waals surface area contributed by atoms with E-state index in [-0.39, 0.29) is 0 Å². The summed E-state index contributed by atoms with van der Waals surface area (Å²) in [6.07, 6.45) is 0. The van der Waals surface area contributed by atoms with Crippen molar-refractivity contribution in [3.63, 3.8) is 0 Å². The van der Waals surface area contributed by atoms with Gasteiger partial charge < -0.3 is 9.73 Å². The van der Waals surface area contributed by atoms with E-state index in [1.54, 1.807) is 11.3 Å². The standard InChI is InChI=1S/C9H12N4OS/c1-3-10-4-8-12-13-9(14-8)7-5-15-6(2)11-7/h5,10H,3-4H2,1-2H3. The Kier molecular flexibility index (Phi) is 3.08. The van der Waals surface area contributed by atoms with Crippen molar-refractivity contribution in [3.8, 4) is 11.6 Å². The van der Waals surface area contributed by atoms with Gasteiger partial charge in [-0.3, -0.25) is 0 Å². The summed E-state index contributed by atoms with van der Waals surface area (Å²) in [6, 6.07) is 0. The van der Waals surface area contributed by atoms with Gasteiger partial charge in [-0.15, -0.1) is 21.5 Å². The molecule has 0 aliphatic rings. The zero-order valence-electron chi connectivity index (χ0n) is 8.65. The summed E-state index contributed by atoms with van der Waals surface area (Å²) < 4.78 is 5.44. The smallest absolute Gasteiger partial charge is 0.267 e. The largest absolute Gasteiger partial charge is 0.418 e. The fraction of sp³-hybridized carbons (Fsp3) is 0.444. The Hall–Kier alpha value is -1.27. The Morgan fingerprint density at radius 3 is 3.00 bits per heavy atom. The lowest BCUT2D eigenvalue weighted by Gasteiger charge is -1.93. The van der Waals surface area contributed by atoms with Crippen LogP contribution in [0.25, 0.3) is 11.6 Å². The number of rotatable bonds is 4. The number of aromatic nitrogens is 3. The molecule has 0 saturated heterocycles. The monoisotopic (exact) mass is 224 g/mol. The summed E-state index contributed by atoms with van der Waals surface area (Å²) >= 11 is 1.57. The average Bonchev–Trinajstić information content (AvgIpc) is 2.83. The van der Waals surface area contributed by atoms with Gasteiger partial charge >= 0.3 is 0 Å². The molecule has 2 heterocycles. The van der Waals surface area contributed by atoms with Crippen LogP contribution in [0, 0.1) is 6.92 Å². The highest BCUT2D eigenvalue weighted by molar-refractivity contribution is 7.09. The van der Waals surface area contributed by atoms with Gasteiger partial charge in [-0.05, 0) is 13.5 Å². The Labute approximate surface area is 91.6 Å². The topological polar surface area (TPSA) is 63.8 Å². The van der Waals surface area contributed by atoms with Crippen molar-refractivity contribution in [1.29, 1.82) is 0 Å². The molecule has 0 fully saturated rings. The summed E-state index contributed by atoms with van der Waals surface area (Å²) in [5.74, 6) is 1.09. The zero-order chi connectivity index (χ0) is 10.7. The van der Waals surface area contributed by atoms with E-state index in [0.717, 1.165) is 17.2 Å². The summed E-state index contributed by atoms with van der Waals surface area (Å²) in [6.45, 7) is 5.46. The molecule has 80 valence electrons. The molecule has 2 rings (SSSR count). The normalized spacial score (nSPS) is 10.8. The first-order valence-electron chi connectivity index (χ1n) is 4.75. The van der Waals surface area contributed by atoms with Crippen LogP contribution >= 0.6 is 11.3 Å². The van der Waals surface area contributed by atoms with Crippen molar-refractivity contribution in [2.45, 2.75) is 20.4 Å². The van der Waals surface area contributed by atoms with Crippen LogP contribution in [0.5, 0.6) is 0 Å². The lowest BCUT2D eigenvalue weighted by Crippen LogP contribution is -2.11. The van der Waals surface area contributed by atoms with Crippen LogP contribution in [-0.4, -0.2) is 21.7 Å². The van der Waals surface area contributed by atoms with Crippen LogP contribution in [-0.2, 0) is 6.54 Å². The zero-order valence-corrected chi connectivity index (χ0v) is 9.47. The molecule has 0 bridgehead atoms. The molecule has 0 aliphatic carbocycles. The van der Waals surface area contributed by atoms with E-state index in [9.17, 15) is 0 Å². The minimum Gasteiger partial charge on any atom is -0.418 e. The maximum absolute atomic E-state index is 5.44. The molecule has 0 radical (unpaired) electrons. The number of hydrogen-bond donors (Lipinski definition) is 1. The summed E-state index contributed by atoms with van der Waals surface area (Å²) in [5.41, 5.74) is 0.757. The third kappa shape index (κ3) is 2.40. The van der Waals surface area contributed by atoms with Gasteiger partial charge in [0.2, 0.25) is 5.89 Å². The molecule has 0 unspecified atom stereocenters. The van der Waals surface area contributed by atoms with Crippen molar-refractivity contribution in [1.82, 2.24) is 20.5 Å². The Morgan fingerprint density at radius 1 is 1.47 bits per heavy atom. The molecule has 5 nitrogen and oxygen atoms in total. The lowest BCUT2D eigenvalue weighted by atomic mass is 10.5. The molecule has 0 atom stereocenters. The first kappa shape index (κ1) is 10.3. The number of thiazole rings is 1.